The second kappa shape index (κ2) is 11.4. The fraction of sp³-hybridized carbons (Fsp3) is 0.276. The fourth-order valence-corrected chi connectivity index (χ4v) is 5.20. The van der Waals surface area contributed by atoms with Crippen molar-refractivity contribution < 1.29 is 14.7 Å². The van der Waals surface area contributed by atoms with Gasteiger partial charge in [-0.3, -0.25) is 19.5 Å². The third-order valence-corrected chi connectivity index (χ3v) is 7.29. The number of carbonyl (C=O) groups is 2. The Balaban J connectivity index is 1.46. The van der Waals surface area contributed by atoms with Gasteiger partial charge in [-0.25, -0.2) is 0 Å². The average Bonchev–Trinajstić information content (AvgIpc) is 3.22. The van der Waals surface area contributed by atoms with Crippen LogP contribution in [0.2, 0.25) is 0 Å². The van der Waals surface area contributed by atoms with Crippen LogP contribution in [0, 0.1) is 0 Å². The minimum Gasteiger partial charge on any atom is -0.481 e. The number of nitrogens with one attached hydrogen (secondary N) is 2. The van der Waals surface area contributed by atoms with E-state index < -0.39 is 11.9 Å². The Morgan fingerprint density at radius 1 is 1.00 bits per heavy atom. The first-order valence-electron chi connectivity index (χ1n) is 12.5. The summed E-state index contributed by atoms with van der Waals surface area (Å²) in [5, 5.41) is 15.4. The molecular weight excluding hydrogens is 532 g/mol. The Labute approximate surface area is 224 Å². The molecule has 1 atom stereocenters. The lowest BCUT2D eigenvalue weighted by molar-refractivity contribution is -0.137. The van der Waals surface area contributed by atoms with Crippen molar-refractivity contribution in [3.05, 3.63) is 93.5 Å². The van der Waals surface area contributed by atoms with Crippen LogP contribution in [0.3, 0.4) is 0 Å². The molecule has 1 unspecified atom stereocenters. The molecule has 8 heteroatoms. The highest BCUT2D eigenvalue weighted by Gasteiger charge is 2.35. The van der Waals surface area contributed by atoms with Crippen LogP contribution in [0.4, 0.5) is 11.4 Å². The van der Waals surface area contributed by atoms with Crippen LogP contribution < -0.4 is 10.6 Å². The van der Waals surface area contributed by atoms with Gasteiger partial charge in [-0.2, -0.15) is 0 Å². The number of carboxylic acids is 1. The smallest absolute Gasteiger partial charge is 0.303 e. The van der Waals surface area contributed by atoms with E-state index in [2.05, 4.69) is 43.6 Å². The number of anilines is 1. The van der Waals surface area contributed by atoms with Gasteiger partial charge in [0.25, 0.3) is 0 Å². The lowest BCUT2D eigenvalue weighted by atomic mass is 9.90. The Morgan fingerprint density at radius 2 is 1.70 bits per heavy atom. The third-order valence-electron chi connectivity index (χ3n) is 6.80. The van der Waals surface area contributed by atoms with Gasteiger partial charge in [0.2, 0.25) is 5.91 Å². The molecule has 0 radical (unpaired) electrons. The molecule has 5 rings (SSSR count). The van der Waals surface area contributed by atoms with Crippen LogP contribution >= 0.6 is 15.9 Å². The molecule has 3 aromatic carbocycles. The molecule has 2 aliphatic heterocycles. The summed E-state index contributed by atoms with van der Waals surface area (Å²) in [5.74, 6) is -1.48. The molecule has 3 aromatic rings. The number of piperazine rings is 1. The van der Waals surface area contributed by atoms with Crippen molar-refractivity contribution >= 4 is 44.9 Å². The summed E-state index contributed by atoms with van der Waals surface area (Å²) in [4.78, 5) is 31.6. The number of halogens is 1. The van der Waals surface area contributed by atoms with Crippen LogP contribution in [0.15, 0.2) is 76.2 Å². The maximum Gasteiger partial charge on any atom is 0.303 e. The Hall–Kier alpha value is -3.33. The standard InChI is InChI=1S/C29H29BrN4O3/c30-22-8-11-24-25(17-22)33-29(37)27(24)28(21-6-1-19(2-7-21)5-12-26(35)36)32-23-9-3-20(4-10-23)18-34-15-13-31-14-16-34/h1-4,6-11,17,27,31H,5,12-16,18H2,(H,33,37)(H,35,36). The van der Waals surface area contributed by atoms with Gasteiger partial charge >= 0.3 is 5.97 Å². The predicted octanol–water partition coefficient (Wildman–Crippen LogP) is 4.73. The number of aliphatic carboxylic acids is 1. The van der Waals surface area contributed by atoms with Crippen molar-refractivity contribution in [1.82, 2.24) is 10.2 Å². The quantitative estimate of drug-likeness (QED) is 0.346. The second-order valence-corrected chi connectivity index (χ2v) is 10.3. The zero-order valence-electron chi connectivity index (χ0n) is 20.4. The van der Waals surface area contributed by atoms with Gasteiger partial charge in [0.15, 0.2) is 0 Å². The van der Waals surface area contributed by atoms with Crippen LogP contribution in [-0.4, -0.2) is 53.8 Å². The molecule has 1 fully saturated rings. The van der Waals surface area contributed by atoms with Crippen molar-refractivity contribution in [2.75, 3.05) is 31.5 Å². The third kappa shape index (κ3) is 6.15. The number of hydrogen-bond donors (Lipinski definition) is 3. The largest absolute Gasteiger partial charge is 0.481 e. The summed E-state index contributed by atoms with van der Waals surface area (Å²) < 4.78 is 0.897. The zero-order chi connectivity index (χ0) is 25.8. The predicted molar refractivity (Wildman–Crippen MR) is 149 cm³/mol. The second-order valence-electron chi connectivity index (χ2n) is 9.43. The molecule has 0 spiro atoms. The van der Waals surface area contributed by atoms with E-state index in [1.807, 2.05) is 54.6 Å². The maximum absolute atomic E-state index is 13.2. The molecule has 0 saturated carbocycles. The van der Waals surface area contributed by atoms with Crippen LogP contribution in [0.1, 0.15) is 34.6 Å². The van der Waals surface area contributed by atoms with Gasteiger partial charge in [0.05, 0.1) is 11.4 Å². The number of rotatable bonds is 8. The molecule has 2 aliphatic rings. The van der Waals surface area contributed by atoms with E-state index in [9.17, 15) is 9.59 Å². The molecule has 0 aliphatic carbocycles. The number of carboxylic acid groups (broad SMARTS) is 1. The molecule has 1 saturated heterocycles. The first kappa shape index (κ1) is 25.3. The number of benzene rings is 3. The van der Waals surface area contributed by atoms with Gasteiger partial charge < -0.3 is 15.7 Å². The minimum absolute atomic E-state index is 0.0772. The van der Waals surface area contributed by atoms with Gasteiger partial charge in [-0.15, -0.1) is 0 Å². The first-order chi connectivity index (χ1) is 18.0. The molecule has 7 nitrogen and oxygen atoms in total. The molecule has 2 heterocycles. The number of aliphatic imine (C=N–C) groups is 1. The SMILES string of the molecule is O=C(O)CCc1ccc(C(=Nc2ccc(CN3CCNCC3)cc2)C2C(=O)Nc3cc(Br)ccc32)cc1. The lowest BCUT2D eigenvalue weighted by Crippen LogP contribution is -2.42. The summed E-state index contributed by atoms with van der Waals surface area (Å²) in [6, 6.07) is 21.7. The number of hydrogen-bond acceptors (Lipinski definition) is 5. The normalized spacial score (nSPS) is 17.9. The van der Waals surface area contributed by atoms with E-state index in [1.54, 1.807) is 0 Å². The topological polar surface area (TPSA) is 94.0 Å². The highest BCUT2D eigenvalue weighted by atomic mass is 79.9. The average molecular weight is 561 g/mol. The summed E-state index contributed by atoms with van der Waals surface area (Å²) in [6.07, 6.45) is 0.533. The number of carbonyl (C=O) groups excluding carboxylic acids is 1. The molecular formula is C29H29BrN4O3. The van der Waals surface area contributed by atoms with E-state index in [0.29, 0.717) is 12.1 Å². The highest BCUT2D eigenvalue weighted by molar-refractivity contribution is 9.10. The lowest BCUT2D eigenvalue weighted by Gasteiger charge is -2.27. The van der Waals surface area contributed by atoms with Crippen LogP contribution in [0.5, 0.6) is 0 Å². The van der Waals surface area contributed by atoms with Crippen LogP contribution in [-0.2, 0) is 22.6 Å². The molecule has 1 amide bonds. The van der Waals surface area contributed by atoms with E-state index in [0.717, 1.165) is 65.3 Å². The first-order valence-corrected chi connectivity index (χ1v) is 13.3. The van der Waals surface area contributed by atoms with Gasteiger partial charge in [-0.1, -0.05) is 58.4 Å². The molecule has 3 N–H and O–H groups in total. The fourth-order valence-electron chi connectivity index (χ4n) is 4.84. The van der Waals surface area contributed by atoms with Crippen molar-refractivity contribution in [2.45, 2.75) is 25.3 Å². The number of nitrogens with zero attached hydrogens (tertiary/aromatic N) is 2. The van der Waals surface area contributed by atoms with Gasteiger partial charge in [-0.05, 0) is 52.9 Å². The van der Waals surface area contributed by atoms with E-state index >= 15 is 0 Å². The Bertz CT molecular complexity index is 1320. The maximum atomic E-state index is 13.2. The Morgan fingerprint density at radius 3 is 2.41 bits per heavy atom. The van der Waals surface area contributed by atoms with Gasteiger partial charge in [0, 0.05) is 49.3 Å². The van der Waals surface area contributed by atoms with E-state index in [1.165, 1.54) is 5.56 Å². The summed E-state index contributed by atoms with van der Waals surface area (Å²) >= 11 is 3.49. The number of fused-ring (bicyclic) bond motifs is 1. The number of aryl methyl sites for hydroxylation is 1. The van der Waals surface area contributed by atoms with E-state index in [-0.39, 0.29) is 12.3 Å². The van der Waals surface area contributed by atoms with Crippen molar-refractivity contribution in [1.29, 1.82) is 0 Å². The van der Waals surface area contributed by atoms with Gasteiger partial charge in [0.1, 0.15) is 5.92 Å². The summed E-state index contributed by atoms with van der Waals surface area (Å²) in [6.45, 7) is 5.02. The zero-order valence-corrected chi connectivity index (χ0v) is 22.0. The van der Waals surface area contributed by atoms with Crippen molar-refractivity contribution in [3.63, 3.8) is 0 Å². The monoisotopic (exact) mass is 560 g/mol. The van der Waals surface area contributed by atoms with Crippen LogP contribution in [0.25, 0.3) is 0 Å². The molecule has 190 valence electrons. The minimum atomic E-state index is -0.822. The van der Waals surface area contributed by atoms with E-state index in [4.69, 9.17) is 10.1 Å². The van der Waals surface area contributed by atoms with Crippen molar-refractivity contribution in [2.24, 2.45) is 4.99 Å². The summed E-state index contributed by atoms with van der Waals surface area (Å²) in [5.41, 5.74) is 6.12. The van der Waals surface area contributed by atoms with Crippen molar-refractivity contribution in [3.8, 4) is 0 Å². The highest BCUT2D eigenvalue weighted by Crippen LogP contribution is 2.38. The number of amides is 1. The molecule has 0 bridgehead atoms. The molecule has 0 aromatic heterocycles. The Kier molecular flexibility index (Phi) is 7.79. The summed E-state index contributed by atoms with van der Waals surface area (Å²) in [7, 11) is 0. The molecule has 37 heavy (non-hydrogen) atoms.